The summed E-state index contributed by atoms with van der Waals surface area (Å²) < 4.78 is 2.29. The number of nitrogens with zero attached hydrogens (tertiary/aromatic N) is 3. The second-order valence-corrected chi connectivity index (χ2v) is 9.92. The number of aromatic nitrogens is 2. The first-order valence-electron chi connectivity index (χ1n) is 11.8. The van der Waals surface area contributed by atoms with Crippen molar-refractivity contribution in [1.82, 2.24) is 19.4 Å². The topological polar surface area (TPSA) is 64.5 Å². The molecule has 6 heteroatoms. The molecular weight excluding hydrogens is 400 g/mol. The summed E-state index contributed by atoms with van der Waals surface area (Å²) in [5.74, 6) is 1.69. The zero-order valence-corrected chi connectivity index (χ0v) is 19.6. The Morgan fingerprint density at radius 3 is 2.72 bits per heavy atom. The van der Waals surface area contributed by atoms with Crippen molar-refractivity contribution in [3.05, 3.63) is 51.9 Å². The summed E-state index contributed by atoms with van der Waals surface area (Å²) in [7, 11) is 6.59. The van der Waals surface area contributed by atoms with Gasteiger partial charge in [-0.3, -0.25) is 9.69 Å². The fourth-order valence-electron chi connectivity index (χ4n) is 6.22. The molecule has 0 bridgehead atoms. The van der Waals surface area contributed by atoms with Crippen molar-refractivity contribution in [2.45, 2.75) is 38.8 Å². The van der Waals surface area contributed by atoms with Gasteiger partial charge in [-0.05, 0) is 69.0 Å². The van der Waals surface area contributed by atoms with Gasteiger partial charge < -0.3 is 19.6 Å². The van der Waals surface area contributed by atoms with Crippen molar-refractivity contribution in [1.29, 1.82) is 0 Å². The van der Waals surface area contributed by atoms with Gasteiger partial charge in [-0.25, -0.2) is 0 Å². The van der Waals surface area contributed by atoms with Gasteiger partial charge >= 0.3 is 0 Å². The first-order valence-corrected chi connectivity index (χ1v) is 11.8. The van der Waals surface area contributed by atoms with E-state index in [2.05, 4.69) is 58.7 Å². The zero-order valence-electron chi connectivity index (χ0n) is 19.6. The number of fused-ring (bicyclic) bond motifs is 2. The van der Waals surface area contributed by atoms with E-state index in [0.717, 1.165) is 40.9 Å². The van der Waals surface area contributed by atoms with Crippen LogP contribution in [0.1, 0.15) is 31.0 Å². The number of rotatable bonds is 5. The van der Waals surface area contributed by atoms with Crippen LogP contribution in [0.2, 0.25) is 0 Å². The molecule has 0 spiro atoms. The number of likely N-dealkylation sites (tertiary alicyclic amines) is 1. The molecule has 170 valence electrons. The summed E-state index contributed by atoms with van der Waals surface area (Å²) >= 11 is 0. The van der Waals surface area contributed by atoms with Gasteiger partial charge in [0.2, 0.25) is 0 Å². The van der Waals surface area contributed by atoms with E-state index in [4.69, 9.17) is 0 Å². The van der Waals surface area contributed by atoms with E-state index in [1.54, 1.807) is 0 Å². The largest absolute Gasteiger partial charge is 0.507 e. The van der Waals surface area contributed by atoms with Crippen LogP contribution in [0.3, 0.4) is 0 Å². The van der Waals surface area contributed by atoms with E-state index in [0.29, 0.717) is 12.1 Å². The van der Waals surface area contributed by atoms with Gasteiger partial charge in [0.25, 0.3) is 5.56 Å². The minimum atomic E-state index is -0.279. The Kier molecular flexibility index (Phi) is 5.38. The molecule has 1 aliphatic heterocycles. The summed E-state index contributed by atoms with van der Waals surface area (Å²) in [4.78, 5) is 20.0. The highest BCUT2D eigenvalue weighted by atomic mass is 16.3. The number of nitrogens with one attached hydrogen (secondary N) is 1. The lowest BCUT2D eigenvalue weighted by Crippen LogP contribution is -2.34. The number of aryl methyl sites for hydroxylation is 1. The first kappa shape index (κ1) is 21.3. The molecule has 1 saturated carbocycles. The van der Waals surface area contributed by atoms with Crippen LogP contribution in [0.4, 0.5) is 0 Å². The number of pyridine rings is 1. The monoisotopic (exact) mass is 434 g/mol. The highest BCUT2D eigenvalue weighted by Gasteiger charge is 2.43. The molecule has 1 aromatic carbocycles. The lowest BCUT2D eigenvalue weighted by atomic mass is 9.97. The maximum absolute atomic E-state index is 12.0. The molecule has 3 heterocycles. The summed E-state index contributed by atoms with van der Waals surface area (Å²) in [5, 5.41) is 11.4. The Bertz CT molecular complexity index is 1210. The minimum Gasteiger partial charge on any atom is -0.507 e. The Hall–Kier alpha value is -2.57. The Morgan fingerprint density at radius 1 is 1.16 bits per heavy atom. The maximum Gasteiger partial charge on any atom is 0.252 e. The molecule has 2 fully saturated rings. The molecule has 5 rings (SSSR count). The summed E-state index contributed by atoms with van der Waals surface area (Å²) in [6.45, 7) is 5.34. The average molecular weight is 435 g/mol. The van der Waals surface area contributed by atoms with Gasteiger partial charge in [-0.15, -0.1) is 0 Å². The SMILES string of the molecule is CCc1c(O)cc(=O)[nH]c1-c1ccc2c(c1)cc(CN1C[C@H]3CC[C@@H](N(C)C)[C@H]3C1)n2C. The number of H-pyrrole nitrogens is 1. The third kappa shape index (κ3) is 3.55. The van der Waals surface area contributed by atoms with E-state index in [-0.39, 0.29) is 11.3 Å². The van der Waals surface area contributed by atoms with Gasteiger partial charge in [-0.1, -0.05) is 13.0 Å². The van der Waals surface area contributed by atoms with Gasteiger partial charge in [0.15, 0.2) is 0 Å². The maximum atomic E-state index is 12.0. The molecule has 0 amide bonds. The van der Waals surface area contributed by atoms with E-state index in [1.807, 2.05) is 13.0 Å². The molecule has 2 aliphatic rings. The van der Waals surface area contributed by atoms with E-state index in [1.165, 1.54) is 43.2 Å². The van der Waals surface area contributed by atoms with Gasteiger partial charge in [0.1, 0.15) is 5.75 Å². The minimum absolute atomic E-state index is 0.0655. The number of hydrogen-bond acceptors (Lipinski definition) is 4. The highest BCUT2D eigenvalue weighted by Crippen LogP contribution is 2.40. The second-order valence-electron chi connectivity index (χ2n) is 9.92. The van der Waals surface area contributed by atoms with Crippen LogP contribution < -0.4 is 5.56 Å². The van der Waals surface area contributed by atoms with Crippen molar-refractivity contribution in [2.24, 2.45) is 18.9 Å². The van der Waals surface area contributed by atoms with Gasteiger partial charge in [0, 0.05) is 61.0 Å². The van der Waals surface area contributed by atoms with Gasteiger partial charge in [0.05, 0.1) is 5.69 Å². The first-order chi connectivity index (χ1) is 15.4. The van der Waals surface area contributed by atoms with E-state index in [9.17, 15) is 9.90 Å². The molecule has 2 aromatic heterocycles. The van der Waals surface area contributed by atoms with Crippen LogP contribution in [-0.2, 0) is 20.0 Å². The Balaban J connectivity index is 1.43. The Labute approximate surface area is 189 Å². The highest BCUT2D eigenvalue weighted by molar-refractivity contribution is 5.86. The Morgan fingerprint density at radius 2 is 1.97 bits per heavy atom. The number of aromatic amines is 1. The summed E-state index contributed by atoms with van der Waals surface area (Å²) in [6.07, 6.45) is 3.34. The standard InChI is InChI=1S/C26H34N4O2/c1-5-20-24(31)12-25(32)27-26(20)16-6-8-22-18(10-16)11-19(29(22)4)14-30-13-17-7-9-23(28(2)3)21(17)15-30/h6,8,10-12,17,21,23H,5,7,9,13-15H2,1-4H3,(H2,27,31,32)/t17-,21+,23-/m1/s1. The predicted octanol–water partition coefficient (Wildman–Crippen LogP) is 3.57. The van der Waals surface area contributed by atoms with Crippen LogP contribution >= 0.6 is 0 Å². The molecule has 3 atom stereocenters. The van der Waals surface area contributed by atoms with Crippen LogP contribution in [0.25, 0.3) is 22.2 Å². The average Bonchev–Trinajstić information content (AvgIpc) is 3.40. The van der Waals surface area contributed by atoms with Crippen LogP contribution in [0, 0.1) is 11.8 Å². The fraction of sp³-hybridized carbons (Fsp3) is 0.500. The van der Waals surface area contributed by atoms with E-state index < -0.39 is 0 Å². The third-order valence-corrected chi connectivity index (χ3v) is 7.85. The molecule has 3 aromatic rings. The van der Waals surface area contributed by atoms with E-state index >= 15 is 0 Å². The number of hydrogen-bond donors (Lipinski definition) is 2. The van der Waals surface area contributed by atoms with Crippen molar-refractivity contribution in [3.63, 3.8) is 0 Å². The van der Waals surface area contributed by atoms with Crippen LogP contribution in [0.5, 0.6) is 5.75 Å². The molecule has 32 heavy (non-hydrogen) atoms. The molecular formula is C26H34N4O2. The lowest BCUT2D eigenvalue weighted by molar-refractivity contribution is 0.214. The molecule has 1 saturated heterocycles. The number of benzene rings is 1. The third-order valence-electron chi connectivity index (χ3n) is 7.85. The van der Waals surface area contributed by atoms with Gasteiger partial charge in [-0.2, -0.15) is 0 Å². The normalized spacial score (nSPS) is 23.5. The molecule has 2 N–H and O–H groups in total. The second kappa shape index (κ2) is 8.09. The zero-order chi connectivity index (χ0) is 22.6. The van der Waals surface area contributed by atoms with Crippen molar-refractivity contribution < 1.29 is 5.11 Å². The summed E-state index contributed by atoms with van der Waals surface area (Å²) in [5.41, 5.74) is 4.66. The van der Waals surface area contributed by atoms with Crippen molar-refractivity contribution in [2.75, 3.05) is 27.2 Å². The molecule has 1 aliphatic carbocycles. The van der Waals surface area contributed by atoms with Crippen LogP contribution in [0.15, 0.2) is 35.1 Å². The van der Waals surface area contributed by atoms with Crippen molar-refractivity contribution in [3.8, 4) is 17.0 Å². The molecule has 6 nitrogen and oxygen atoms in total. The molecule has 0 unspecified atom stereocenters. The quantitative estimate of drug-likeness (QED) is 0.644. The molecule has 0 radical (unpaired) electrons. The predicted molar refractivity (Wildman–Crippen MR) is 129 cm³/mol. The number of aromatic hydroxyl groups is 1. The lowest BCUT2D eigenvalue weighted by Gasteiger charge is -2.26. The van der Waals surface area contributed by atoms with Crippen LogP contribution in [-0.4, -0.2) is 57.7 Å². The summed E-state index contributed by atoms with van der Waals surface area (Å²) in [6, 6.07) is 10.5. The fourth-order valence-corrected chi connectivity index (χ4v) is 6.22. The smallest absolute Gasteiger partial charge is 0.252 e. The van der Waals surface area contributed by atoms with Crippen molar-refractivity contribution >= 4 is 10.9 Å².